The van der Waals surface area contributed by atoms with Gasteiger partial charge in [-0.15, -0.1) is 11.3 Å². The molecule has 0 aliphatic carbocycles. The van der Waals surface area contributed by atoms with E-state index in [2.05, 4.69) is 32.4 Å². The number of aromatic nitrogens is 3. The number of carbonyl (C=O) groups excluding carboxylic acids is 1. The van der Waals surface area contributed by atoms with E-state index in [0.29, 0.717) is 28.0 Å². The first kappa shape index (κ1) is 18.1. The van der Waals surface area contributed by atoms with Gasteiger partial charge in [0.05, 0.1) is 5.69 Å². The number of nitrogens with two attached hydrogens (primary N) is 1. The van der Waals surface area contributed by atoms with Crippen LogP contribution in [0.3, 0.4) is 0 Å². The van der Waals surface area contributed by atoms with Crippen molar-refractivity contribution in [2.75, 3.05) is 11.1 Å². The average Bonchev–Trinajstić information content (AvgIpc) is 3.44. The molecule has 0 bridgehead atoms. The predicted octanol–water partition coefficient (Wildman–Crippen LogP) is 5.19. The summed E-state index contributed by atoms with van der Waals surface area (Å²) in [6, 6.07) is 21.5. The SMILES string of the molecule is Nc1ccc(-c2[nH]c(-c3cccc4ccccc34)nc2C(=O)Nc2nccs2)cc1. The van der Waals surface area contributed by atoms with Crippen molar-refractivity contribution < 1.29 is 4.79 Å². The molecule has 4 N–H and O–H groups in total. The highest BCUT2D eigenvalue weighted by Crippen LogP contribution is 2.31. The number of aromatic amines is 1. The summed E-state index contributed by atoms with van der Waals surface area (Å²) in [5.41, 5.74) is 9.18. The van der Waals surface area contributed by atoms with Crippen LogP contribution >= 0.6 is 11.3 Å². The van der Waals surface area contributed by atoms with Gasteiger partial charge in [-0.2, -0.15) is 0 Å². The second kappa shape index (κ2) is 7.46. The molecular formula is C23H17N5OS. The Labute approximate surface area is 176 Å². The van der Waals surface area contributed by atoms with Gasteiger partial charge in [-0.25, -0.2) is 9.97 Å². The Hall–Kier alpha value is -3.97. The monoisotopic (exact) mass is 411 g/mol. The van der Waals surface area contributed by atoms with Gasteiger partial charge in [0.25, 0.3) is 5.91 Å². The smallest absolute Gasteiger partial charge is 0.278 e. The quantitative estimate of drug-likeness (QED) is 0.355. The normalized spacial score (nSPS) is 10.9. The Bertz CT molecular complexity index is 1330. The van der Waals surface area contributed by atoms with Crippen molar-refractivity contribution in [3.8, 4) is 22.6 Å². The number of rotatable bonds is 4. The summed E-state index contributed by atoms with van der Waals surface area (Å²) in [4.78, 5) is 25.2. The van der Waals surface area contributed by atoms with Crippen LogP contribution in [0.15, 0.2) is 78.3 Å². The minimum absolute atomic E-state index is 0.304. The Morgan fingerprint density at radius 3 is 2.60 bits per heavy atom. The predicted molar refractivity (Wildman–Crippen MR) is 121 cm³/mol. The second-order valence-corrected chi connectivity index (χ2v) is 7.64. The molecular weight excluding hydrogens is 394 g/mol. The number of nitrogens with zero attached hydrogens (tertiary/aromatic N) is 2. The number of amides is 1. The summed E-state index contributed by atoms with van der Waals surface area (Å²) in [5.74, 6) is 0.308. The molecule has 0 aliphatic rings. The number of carbonyl (C=O) groups is 1. The van der Waals surface area contributed by atoms with Crippen molar-refractivity contribution >= 4 is 38.8 Å². The van der Waals surface area contributed by atoms with Gasteiger partial charge in [0.1, 0.15) is 5.82 Å². The van der Waals surface area contributed by atoms with Crippen molar-refractivity contribution in [3.05, 3.63) is 84.0 Å². The van der Waals surface area contributed by atoms with E-state index in [1.165, 1.54) is 11.3 Å². The van der Waals surface area contributed by atoms with Gasteiger partial charge in [0.15, 0.2) is 10.8 Å². The number of nitrogens with one attached hydrogen (secondary N) is 2. The van der Waals surface area contributed by atoms with Gasteiger partial charge in [0, 0.05) is 28.4 Å². The highest BCUT2D eigenvalue weighted by atomic mass is 32.1. The van der Waals surface area contributed by atoms with Crippen LogP contribution in [0, 0.1) is 0 Å². The topological polar surface area (TPSA) is 96.7 Å². The Kier molecular flexibility index (Phi) is 4.49. The molecule has 0 saturated heterocycles. The van der Waals surface area contributed by atoms with Crippen LogP contribution in [0.4, 0.5) is 10.8 Å². The van der Waals surface area contributed by atoms with E-state index in [-0.39, 0.29) is 5.91 Å². The van der Waals surface area contributed by atoms with Crippen molar-refractivity contribution in [1.29, 1.82) is 0 Å². The molecule has 2 heterocycles. The van der Waals surface area contributed by atoms with Crippen LogP contribution in [-0.2, 0) is 0 Å². The number of imidazole rings is 1. The molecule has 1 amide bonds. The molecule has 0 spiro atoms. The van der Waals surface area contributed by atoms with Crippen molar-refractivity contribution in [1.82, 2.24) is 15.0 Å². The van der Waals surface area contributed by atoms with Gasteiger partial charge < -0.3 is 10.7 Å². The highest BCUT2D eigenvalue weighted by molar-refractivity contribution is 7.13. The van der Waals surface area contributed by atoms with Crippen molar-refractivity contribution in [2.45, 2.75) is 0 Å². The lowest BCUT2D eigenvalue weighted by atomic mass is 10.0. The third kappa shape index (κ3) is 3.31. The molecule has 146 valence electrons. The molecule has 0 radical (unpaired) electrons. The standard InChI is InChI=1S/C23H17N5OS/c24-16-10-8-15(9-11-16)19-20(22(29)28-23-25-12-13-30-23)27-21(26-19)18-7-3-5-14-4-1-2-6-17(14)18/h1-13H,24H2,(H,26,27)(H,25,28,29). The number of anilines is 2. The number of fused-ring (bicyclic) bond motifs is 1. The molecule has 5 aromatic rings. The Morgan fingerprint density at radius 2 is 1.80 bits per heavy atom. The van der Waals surface area contributed by atoms with Crippen LogP contribution in [0.25, 0.3) is 33.4 Å². The lowest BCUT2D eigenvalue weighted by Gasteiger charge is -2.04. The lowest BCUT2D eigenvalue weighted by Crippen LogP contribution is -2.13. The fourth-order valence-corrected chi connectivity index (χ4v) is 3.92. The molecule has 2 aromatic heterocycles. The molecule has 7 heteroatoms. The maximum atomic E-state index is 13.0. The lowest BCUT2D eigenvalue weighted by molar-refractivity contribution is 0.102. The number of hydrogen-bond acceptors (Lipinski definition) is 5. The first-order chi connectivity index (χ1) is 14.7. The van der Waals surface area contributed by atoms with E-state index in [0.717, 1.165) is 21.9 Å². The Balaban J connectivity index is 1.66. The minimum Gasteiger partial charge on any atom is -0.399 e. The van der Waals surface area contributed by atoms with E-state index in [4.69, 9.17) is 5.73 Å². The number of nitrogen functional groups attached to an aromatic ring is 1. The number of benzene rings is 3. The average molecular weight is 411 g/mol. The maximum Gasteiger partial charge on any atom is 0.278 e. The summed E-state index contributed by atoms with van der Waals surface area (Å²) < 4.78 is 0. The van der Waals surface area contributed by atoms with E-state index in [1.54, 1.807) is 18.3 Å². The van der Waals surface area contributed by atoms with E-state index >= 15 is 0 Å². The van der Waals surface area contributed by atoms with Gasteiger partial charge in [-0.05, 0) is 22.9 Å². The molecule has 30 heavy (non-hydrogen) atoms. The fraction of sp³-hybridized carbons (Fsp3) is 0. The van der Waals surface area contributed by atoms with E-state index in [1.807, 2.05) is 47.8 Å². The summed E-state index contributed by atoms with van der Waals surface area (Å²) in [6.45, 7) is 0. The third-order valence-electron chi connectivity index (χ3n) is 4.82. The van der Waals surface area contributed by atoms with Gasteiger partial charge in [-0.3, -0.25) is 10.1 Å². The van der Waals surface area contributed by atoms with Crippen LogP contribution in [-0.4, -0.2) is 20.9 Å². The maximum absolute atomic E-state index is 13.0. The molecule has 6 nitrogen and oxygen atoms in total. The fourth-order valence-electron chi connectivity index (χ4n) is 3.40. The zero-order valence-corrected chi connectivity index (χ0v) is 16.6. The van der Waals surface area contributed by atoms with Crippen LogP contribution in [0.2, 0.25) is 0 Å². The van der Waals surface area contributed by atoms with E-state index in [9.17, 15) is 4.79 Å². The molecule has 5 rings (SSSR count). The Morgan fingerprint density at radius 1 is 1.00 bits per heavy atom. The van der Waals surface area contributed by atoms with E-state index < -0.39 is 0 Å². The second-order valence-electron chi connectivity index (χ2n) is 6.75. The van der Waals surface area contributed by atoms with Gasteiger partial charge in [-0.1, -0.05) is 54.6 Å². The highest BCUT2D eigenvalue weighted by Gasteiger charge is 2.21. The van der Waals surface area contributed by atoms with Crippen LogP contribution in [0.1, 0.15) is 10.5 Å². The van der Waals surface area contributed by atoms with Gasteiger partial charge in [0.2, 0.25) is 0 Å². The molecule has 0 atom stereocenters. The summed E-state index contributed by atoms with van der Waals surface area (Å²) in [7, 11) is 0. The first-order valence-electron chi connectivity index (χ1n) is 9.34. The molecule has 0 aliphatic heterocycles. The van der Waals surface area contributed by atoms with Crippen LogP contribution in [0.5, 0.6) is 0 Å². The molecule has 3 aromatic carbocycles. The minimum atomic E-state index is -0.320. The number of hydrogen-bond donors (Lipinski definition) is 3. The van der Waals surface area contributed by atoms with Crippen molar-refractivity contribution in [3.63, 3.8) is 0 Å². The number of H-pyrrole nitrogens is 1. The zero-order chi connectivity index (χ0) is 20.5. The third-order valence-corrected chi connectivity index (χ3v) is 5.50. The zero-order valence-electron chi connectivity index (χ0n) is 15.8. The summed E-state index contributed by atoms with van der Waals surface area (Å²) in [5, 5.41) is 7.32. The molecule has 0 unspecified atom stereocenters. The van der Waals surface area contributed by atoms with Crippen LogP contribution < -0.4 is 11.1 Å². The first-order valence-corrected chi connectivity index (χ1v) is 10.2. The summed E-state index contributed by atoms with van der Waals surface area (Å²) >= 11 is 1.36. The number of thiazole rings is 1. The molecule has 0 fully saturated rings. The van der Waals surface area contributed by atoms with Gasteiger partial charge >= 0.3 is 0 Å². The largest absolute Gasteiger partial charge is 0.399 e. The summed E-state index contributed by atoms with van der Waals surface area (Å²) in [6.07, 6.45) is 1.65. The van der Waals surface area contributed by atoms with Crippen molar-refractivity contribution in [2.24, 2.45) is 0 Å². The molecule has 0 saturated carbocycles.